The summed E-state index contributed by atoms with van der Waals surface area (Å²) in [4.78, 5) is 12.6. The van der Waals surface area contributed by atoms with E-state index >= 15 is 0 Å². The molecule has 3 aromatic carbocycles. The highest BCUT2D eigenvalue weighted by atomic mass is 16.5. The van der Waals surface area contributed by atoms with E-state index in [1.54, 1.807) is 24.1 Å². The molecule has 0 atom stereocenters. The number of benzene rings is 3. The van der Waals surface area contributed by atoms with Crippen LogP contribution in [0.5, 0.6) is 11.5 Å². The van der Waals surface area contributed by atoms with Crippen molar-refractivity contribution in [3.05, 3.63) is 95.3 Å². The maximum Gasteiger partial charge on any atom is 0.189 e. The molecule has 0 saturated carbocycles. The Bertz CT molecular complexity index is 1290. The minimum absolute atomic E-state index is 0.0630. The first-order chi connectivity index (χ1) is 15.6. The summed E-state index contributed by atoms with van der Waals surface area (Å²) in [7, 11) is 1.64. The molecular formula is C27H26N2O3. The summed E-state index contributed by atoms with van der Waals surface area (Å²) in [5.74, 6) is 1.48. The number of methoxy groups -OCH3 is 1. The number of carbonyl (C=O) groups excluding carboxylic acids is 1. The molecule has 5 nitrogen and oxygen atoms in total. The van der Waals surface area contributed by atoms with Crippen LogP contribution in [-0.2, 0) is 13.2 Å². The third-order valence-corrected chi connectivity index (χ3v) is 5.38. The van der Waals surface area contributed by atoms with Gasteiger partial charge in [0.25, 0.3) is 0 Å². The first kappa shape index (κ1) is 21.4. The van der Waals surface area contributed by atoms with Crippen molar-refractivity contribution in [1.29, 1.82) is 0 Å². The Morgan fingerprint density at radius 2 is 1.88 bits per heavy atom. The average molecular weight is 427 g/mol. The predicted molar refractivity (Wildman–Crippen MR) is 127 cm³/mol. The zero-order valence-corrected chi connectivity index (χ0v) is 18.5. The molecule has 0 aliphatic heterocycles. The second-order valence-electron chi connectivity index (χ2n) is 7.55. The summed E-state index contributed by atoms with van der Waals surface area (Å²) in [6.07, 6.45) is 5.18. The normalized spacial score (nSPS) is 11.2. The van der Waals surface area contributed by atoms with Crippen LogP contribution in [0, 0.1) is 6.92 Å². The lowest BCUT2D eigenvalue weighted by atomic mass is 10.1. The minimum atomic E-state index is -0.0630. The minimum Gasteiger partial charge on any atom is -0.496 e. The number of ether oxygens (including phenoxy) is 2. The number of allylic oxidation sites excluding steroid dienone is 1. The van der Waals surface area contributed by atoms with Crippen molar-refractivity contribution in [3.63, 3.8) is 0 Å². The van der Waals surface area contributed by atoms with Gasteiger partial charge in [-0.2, -0.15) is 5.10 Å². The van der Waals surface area contributed by atoms with Crippen molar-refractivity contribution in [2.45, 2.75) is 27.0 Å². The van der Waals surface area contributed by atoms with Gasteiger partial charge in [0.05, 0.1) is 18.4 Å². The van der Waals surface area contributed by atoms with Crippen LogP contribution >= 0.6 is 0 Å². The number of rotatable bonds is 8. The number of fused-ring (bicyclic) bond motifs is 1. The van der Waals surface area contributed by atoms with Crippen LogP contribution in [0.4, 0.5) is 0 Å². The summed E-state index contributed by atoms with van der Waals surface area (Å²) in [6, 6.07) is 20.0. The highest BCUT2D eigenvalue weighted by molar-refractivity contribution is 6.07. The number of aromatic nitrogens is 2. The SMILES string of the molecule is CCn1cc(C(=O)/C=C/c2ccc(OC)c(COc3ccc4ccccc4c3)c2)c(C)n1. The predicted octanol–water partition coefficient (Wildman–Crippen LogP) is 5.85. The third-order valence-electron chi connectivity index (χ3n) is 5.38. The maximum absolute atomic E-state index is 12.6. The smallest absolute Gasteiger partial charge is 0.189 e. The van der Waals surface area contributed by atoms with E-state index in [4.69, 9.17) is 9.47 Å². The van der Waals surface area contributed by atoms with Crippen LogP contribution in [0.1, 0.15) is 34.1 Å². The molecule has 4 rings (SSSR count). The molecule has 5 heteroatoms. The van der Waals surface area contributed by atoms with Gasteiger partial charge in [-0.05, 0) is 60.5 Å². The van der Waals surface area contributed by atoms with Gasteiger partial charge in [0.2, 0.25) is 0 Å². The Labute approximate surface area is 187 Å². The van der Waals surface area contributed by atoms with Crippen molar-refractivity contribution >= 4 is 22.6 Å². The lowest BCUT2D eigenvalue weighted by Gasteiger charge is -2.12. The van der Waals surface area contributed by atoms with Crippen LogP contribution in [0.25, 0.3) is 16.8 Å². The van der Waals surface area contributed by atoms with E-state index in [9.17, 15) is 4.79 Å². The molecule has 0 spiro atoms. The lowest BCUT2D eigenvalue weighted by Crippen LogP contribution is -1.99. The van der Waals surface area contributed by atoms with Crippen molar-refractivity contribution in [3.8, 4) is 11.5 Å². The molecule has 0 N–H and O–H groups in total. The molecule has 0 radical (unpaired) electrons. The molecule has 0 fully saturated rings. The van der Waals surface area contributed by atoms with E-state index in [1.165, 1.54) is 5.39 Å². The summed E-state index contributed by atoms with van der Waals surface area (Å²) >= 11 is 0. The lowest BCUT2D eigenvalue weighted by molar-refractivity contribution is 0.104. The average Bonchev–Trinajstić information content (AvgIpc) is 3.22. The van der Waals surface area contributed by atoms with Gasteiger partial charge in [0.1, 0.15) is 18.1 Å². The topological polar surface area (TPSA) is 53.4 Å². The van der Waals surface area contributed by atoms with E-state index in [-0.39, 0.29) is 5.78 Å². The van der Waals surface area contributed by atoms with Gasteiger partial charge in [-0.1, -0.05) is 42.5 Å². The van der Waals surface area contributed by atoms with E-state index in [2.05, 4.69) is 23.3 Å². The molecule has 0 aliphatic rings. The van der Waals surface area contributed by atoms with Crippen molar-refractivity contribution < 1.29 is 14.3 Å². The first-order valence-corrected chi connectivity index (χ1v) is 10.6. The summed E-state index contributed by atoms with van der Waals surface area (Å²) in [5, 5.41) is 6.65. The summed E-state index contributed by atoms with van der Waals surface area (Å²) < 4.78 is 13.3. The van der Waals surface area contributed by atoms with Crippen LogP contribution in [-0.4, -0.2) is 22.7 Å². The van der Waals surface area contributed by atoms with Crippen LogP contribution < -0.4 is 9.47 Å². The van der Waals surface area contributed by atoms with Crippen LogP contribution in [0.2, 0.25) is 0 Å². The van der Waals surface area contributed by atoms with Gasteiger partial charge in [-0.15, -0.1) is 0 Å². The maximum atomic E-state index is 12.6. The van der Waals surface area contributed by atoms with Crippen molar-refractivity contribution in [2.24, 2.45) is 0 Å². The Morgan fingerprint density at radius 3 is 2.62 bits per heavy atom. The van der Waals surface area contributed by atoms with E-state index in [1.807, 2.05) is 62.4 Å². The zero-order valence-electron chi connectivity index (χ0n) is 18.5. The summed E-state index contributed by atoms with van der Waals surface area (Å²) in [5.41, 5.74) is 3.17. The molecule has 162 valence electrons. The van der Waals surface area contributed by atoms with E-state index in [0.717, 1.165) is 40.3 Å². The highest BCUT2D eigenvalue weighted by Crippen LogP contribution is 2.25. The van der Waals surface area contributed by atoms with Crippen molar-refractivity contribution in [1.82, 2.24) is 9.78 Å². The first-order valence-electron chi connectivity index (χ1n) is 10.6. The second kappa shape index (κ2) is 9.52. The Hall–Kier alpha value is -3.86. The number of hydrogen-bond donors (Lipinski definition) is 0. The Morgan fingerprint density at radius 1 is 1.06 bits per heavy atom. The fourth-order valence-corrected chi connectivity index (χ4v) is 3.62. The number of ketones is 1. The van der Waals surface area contributed by atoms with Crippen LogP contribution in [0.3, 0.4) is 0 Å². The zero-order chi connectivity index (χ0) is 22.5. The van der Waals surface area contributed by atoms with Crippen molar-refractivity contribution in [2.75, 3.05) is 7.11 Å². The molecule has 0 aliphatic carbocycles. The number of carbonyl (C=O) groups is 1. The molecule has 1 aromatic heterocycles. The van der Waals surface area contributed by atoms with Crippen LogP contribution in [0.15, 0.2) is 72.9 Å². The van der Waals surface area contributed by atoms with Gasteiger partial charge in [-0.3, -0.25) is 9.48 Å². The van der Waals surface area contributed by atoms with Gasteiger partial charge < -0.3 is 9.47 Å². The molecule has 0 unspecified atom stereocenters. The monoisotopic (exact) mass is 426 g/mol. The number of nitrogens with zero attached hydrogens (tertiary/aromatic N) is 2. The number of hydrogen-bond acceptors (Lipinski definition) is 4. The van der Waals surface area contributed by atoms with E-state index in [0.29, 0.717) is 12.2 Å². The molecule has 0 saturated heterocycles. The fourth-order valence-electron chi connectivity index (χ4n) is 3.62. The molecule has 4 aromatic rings. The largest absolute Gasteiger partial charge is 0.496 e. The fraction of sp³-hybridized carbons (Fsp3) is 0.185. The molecular weight excluding hydrogens is 400 g/mol. The molecule has 32 heavy (non-hydrogen) atoms. The molecule has 0 bridgehead atoms. The molecule has 1 heterocycles. The quantitative estimate of drug-likeness (QED) is 0.262. The number of aryl methyl sites for hydroxylation is 2. The Balaban J connectivity index is 1.50. The van der Waals surface area contributed by atoms with Gasteiger partial charge in [-0.25, -0.2) is 0 Å². The van der Waals surface area contributed by atoms with Gasteiger partial charge >= 0.3 is 0 Å². The molecule has 0 amide bonds. The highest BCUT2D eigenvalue weighted by Gasteiger charge is 2.11. The van der Waals surface area contributed by atoms with Gasteiger partial charge in [0, 0.05) is 18.3 Å². The Kier molecular flexibility index (Phi) is 6.36. The third kappa shape index (κ3) is 4.72. The van der Waals surface area contributed by atoms with Gasteiger partial charge in [0.15, 0.2) is 5.78 Å². The second-order valence-corrected chi connectivity index (χ2v) is 7.55. The summed E-state index contributed by atoms with van der Waals surface area (Å²) in [6.45, 7) is 4.94. The standard InChI is InChI=1S/C27H26N2O3/c1-4-29-17-25(19(2)28-29)26(30)13-9-20-10-14-27(31-3)23(15-20)18-32-24-12-11-21-7-5-6-8-22(21)16-24/h5-17H,4,18H2,1-3H3/b13-9+. The van der Waals surface area contributed by atoms with E-state index < -0.39 is 0 Å².